The van der Waals surface area contributed by atoms with Crippen molar-refractivity contribution in [1.82, 2.24) is 0 Å². The Bertz CT molecular complexity index is 147. The SMILES string of the molecule is C=C(I)/C=C\C(=C)OC. The predicted molar refractivity (Wildman–Crippen MR) is 48.4 cm³/mol. The topological polar surface area (TPSA) is 9.23 Å². The molecule has 0 radical (unpaired) electrons. The fourth-order valence-electron chi connectivity index (χ4n) is 0.251. The average molecular weight is 236 g/mol. The molecule has 0 rings (SSSR count). The third-order valence-corrected chi connectivity index (χ3v) is 1.07. The van der Waals surface area contributed by atoms with Crippen LogP contribution < -0.4 is 0 Å². The molecule has 0 fully saturated rings. The smallest absolute Gasteiger partial charge is 0.111 e. The normalized spacial score (nSPS) is 9.56. The van der Waals surface area contributed by atoms with Crippen LogP contribution in [0.2, 0.25) is 0 Å². The number of ether oxygens (including phenoxy) is 1. The zero-order valence-electron chi connectivity index (χ0n) is 5.36. The monoisotopic (exact) mass is 236 g/mol. The standard InChI is InChI=1S/C7H9IO/c1-6(8)4-5-7(2)9-3/h4-5H,1-2H2,3H3/b5-4-. The lowest BCUT2D eigenvalue weighted by Gasteiger charge is -1.93. The van der Waals surface area contributed by atoms with Gasteiger partial charge < -0.3 is 4.74 Å². The summed E-state index contributed by atoms with van der Waals surface area (Å²) in [6.07, 6.45) is 3.61. The van der Waals surface area contributed by atoms with Crippen molar-refractivity contribution in [1.29, 1.82) is 0 Å². The van der Waals surface area contributed by atoms with Crippen LogP contribution in [0.3, 0.4) is 0 Å². The van der Waals surface area contributed by atoms with Gasteiger partial charge in [0.25, 0.3) is 0 Å². The second-order valence-electron chi connectivity index (χ2n) is 1.45. The van der Waals surface area contributed by atoms with Crippen molar-refractivity contribution < 1.29 is 4.74 Å². The summed E-state index contributed by atoms with van der Waals surface area (Å²) in [6.45, 7) is 7.26. The minimum atomic E-state index is 0.646. The maximum atomic E-state index is 4.77. The van der Waals surface area contributed by atoms with Gasteiger partial charge in [-0.3, -0.25) is 0 Å². The van der Waals surface area contributed by atoms with Gasteiger partial charge in [0.1, 0.15) is 5.76 Å². The molecule has 2 heteroatoms. The Kier molecular flexibility index (Phi) is 4.48. The molecule has 0 saturated carbocycles. The maximum absolute atomic E-state index is 4.77. The van der Waals surface area contributed by atoms with Crippen LogP contribution in [0.1, 0.15) is 0 Å². The molecule has 0 N–H and O–H groups in total. The highest BCUT2D eigenvalue weighted by atomic mass is 127. The molecule has 0 aromatic carbocycles. The van der Waals surface area contributed by atoms with Gasteiger partial charge in [-0.25, -0.2) is 0 Å². The highest BCUT2D eigenvalue weighted by molar-refractivity contribution is 14.1. The molecule has 0 unspecified atom stereocenters. The highest BCUT2D eigenvalue weighted by Crippen LogP contribution is 2.04. The van der Waals surface area contributed by atoms with E-state index in [0.29, 0.717) is 5.76 Å². The molecular weight excluding hydrogens is 227 g/mol. The van der Waals surface area contributed by atoms with Crippen LogP contribution in [0.25, 0.3) is 0 Å². The second-order valence-corrected chi connectivity index (χ2v) is 2.84. The van der Waals surface area contributed by atoms with Crippen LogP contribution >= 0.6 is 22.6 Å². The van der Waals surface area contributed by atoms with E-state index in [0.717, 1.165) is 3.58 Å². The zero-order valence-corrected chi connectivity index (χ0v) is 7.51. The molecule has 0 heterocycles. The Hall–Kier alpha value is -0.250. The van der Waals surface area contributed by atoms with Crippen molar-refractivity contribution in [3.8, 4) is 0 Å². The Morgan fingerprint density at radius 2 is 2.00 bits per heavy atom. The van der Waals surface area contributed by atoms with Gasteiger partial charge in [-0.1, -0.05) is 13.2 Å². The fraction of sp³-hybridized carbons (Fsp3) is 0.143. The molecule has 0 atom stereocenters. The van der Waals surface area contributed by atoms with Crippen LogP contribution in [0, 0.1) is 0 Å². The van der Waals surface area contributed by atoms with E-state index in [1.165, 1.54) is 0 Å². The number of allylic oxidation sites excluding steroid dienone is 3. The lowest BCUT2D eigenvalue weighted by molar-refractivity contribution is 0.309. The lowest BCUT2D eigenvalue weighted by Crippen LogP contribution is -1.75. The van der Waals surface area contributed by atoms with Crippen LogP contribution in [0.15, 0.2) is 34.6 Å². The minimum absolute atomic E-state index is 0.646. The molecular formula is C7H9IO. The summed E-state index contributed by atoms with van der Waals surface area (Å²) in [5.74, 6) is 0.646. The molecule has 0 spiro atoms. The summed E-state index contributed by atoms with van der Waals surface area (Å²) in [7, 11) is 1.59. The first kappa shape index (κ1) is 8.75. The number of hydrogen-bond acceptors (Lipinski definition) is 1. The first-order valence-corrected chi connectivity index (χ1v) is 3.50. The van der Waals surface area contributed by atoms with Crippen molar-refractivity contribution in [2.45, 2.75) is 0 Å². The summed E-state index contributed by atoms with van der Waals surface area (Å²) < 4.78 is 5.74. The molecule has 1 nitrogen and oxygen atoms in total. The molecule has 0 aromatic rings. The zero-order chi connectivity index (χ0) is 7.28. The van der Waals surface area contributed by atoms with E-state index in [4.69, 9.17) is 4.74 Å². The summed E-state index contributed by atoms with van der Waals surface area (Å²) in [5, 5.41) is 0. The van der Waals surface area contributed by atoms with E-state index in [-0.39, 0.29) is 0 Å². The largest absolute Gasteiger partial charge is 0.497 e. The Morgan fingerprint density at radius 3 is 2.33 bits per heavy atom. The molecule has 0 amide bonds. The van der Waals surface area contributed by atoms with E-state index in [1.807, 2.05) is 6.08 Å². The summed E-state index contributed by atoms with van der Waals surface area (Å²) in [5.41, 5.74) is 0. The Morgan fingerprint density at radius 1 is 1.44 bits per heavy atom. The maximum Gasteiger partial charge on any atom is 0.111 e. The van der Waals surface area contributed by atoms with Crippen LogP contribution in [0.5, 0.6) is 0 Å². The highest BCUT2D eigenvalue weighted by Gasteiger charge is 1.80. The van der Waals surface area contributed by atoms with Gasteiger partial charge in [0.15, 0.2) is 0 Å². The molecule has 0 saturated heterocycles. The van der Waals surface area contributed by atoms with Crippen molar-refractivity contribution in [3.05, 3.63) is 34.6 Å². The van der Waals surface area contributed by atoms with Gasteiger partial charge in [-0.2, -0.15) is 0 Å². The van der Waals surface area contributed by atoms with E-state index >= 15 is 0 Å². The van der Waals surface area contributed by atoms with Gasteiger partial charge in [-0.05, 0) is 34.7 Å². The number of methoxy groups -OCH3 is 1. The van der Waals surface area contributed by atoms with Crippen molar-refractivity contribution >= 4 is 22.6 Å². The van der Waals surface area contributed by atoms with Gasteiger partial charge in [0.05, 0.1) is 7.11 Å². The first-order chi connectivity index (χ1) is 4.16. The fourth-order valence-corrected chi connectivity index (χ4v) is 0.431. The number of halogens is 1. The summed E-state index contributed by atoms with van der Waals surface area (Å²) >= 11 is 2.11. The Labute approximate surface area is 69.2 Å². The second kappa shape index (κ2) is 4.61. The van der Waals surface area contributed by atoms with Crippen molar-refractivity contribution in [2.24, 2.45) is 0 Å². The van der Waals surface area contributed by atoms with Crippen molar-refractivity contribution in [3.63, 3.8) is 0 Å². The minimum Gasteiger partial charge on any atom is -0.497 e. The number of rotatable bonds is 3. The summed E-state index contributed by atoms with van der Waals surface area (Å²) in [4.78, 5) is 0. The Balaban J connectivity index is 3.71. The first-order valence-electron chi connectivity index (χ1n) is 2.42. The van der Waals surface area contributed by atoms with Crippen molar-refractivity contribution in [2.75, 3.05) is 7.11 Å². The molecule has 0 aliphatic carbocycles. The molecule has 0 aliphatic heterocycles. The third kappa shape index (κ3) is 5.62. The van der Waals surface area contributed by atoms with E-state index < -0.39 is 0 Å². The van der Waals surface area contributed by atoms with Crippen LogP contribution in [-0.4, -0.2) is 7.11 Å². The van der Waals surface area contributed by atoms with E-state index in [1.54, 1.807) is 13.2 Å². The average Bonchev–Trinajstić information content (AvgIpc) is 1.83. The van der Waals surface area contributed by atoms with Gasteiger partial charge >= 0.3 is 0 Å². The number of hydrogen-bond donors (Lipinski definition) is 0. The quantitative estimate of drug-likeness (QED) is 0.415. The molecule has 0 bridgehead atoms. The van der Waals surface area contributed by atoms with Crippen LogP contribution in [0.4, 0.5) is 0 Å². The predicted octanol–water partition coefficient (Wildman–Crippen LogP) is 2.65. The third-order valence-electron chi connectivity index (χ3n) is 0.712. The van der Waals surface area contributed by atoms with Crippen LogP contribution in [-0.2, 0) is 4.74 Å². The van der Waals surface area contributed by atoms with Gasteiger partial charge in [0, 0.05) is 3.58 Å². The molecule has 0 aliphatic rings. The molecule has 0 aromatic heterocycles. The molecule has 9 heavy (non-hydrogen) atoms. The lowest BCUT2D eigenvalue weighted by atomic mass is 10.4. The van der Waals surface area contributed by atoms with E-state index in [9.17, 15) is 0 Å². The van der Waals surface area contributed by atoms with Gasteiger partial charge in [0.2, 0.25) is 0 Å². The van der Waals surface area contributed by atoms with E-state index in [2.05, 4.69) is 35.7 Å². The molecule has 50 valence electrons. The summed E-state index contributed by atoms with van der Waals surface area (Å²) in [6, 6.07) is 0. The van der Waals surface area contributed by atoms with Gasteiger partial charge in [-0.15, -0.1) is 0 Å².